The van der Waals surface area contributed by atoms with Gasteiger partial charge in [0.1, 0.15) is 12.6 Å². The Morgan fingerprint density at radius 3 is 2.16 bits per heavy atom. The van der Waals surface area contributed by atoms with Crippen LogP contribution in [-0.4, -0.2) is 43.3 Å². The maximum Gasteiger partial charge on any atom is 0.264 e. The molecule has 0 aliphatic carbocycles. The molecule has 0 heterocycles. The van der Waals surface area contributed by atoms with Crippen molar-refractivity contribution in [2.24, 2.45) is 0 Å². The molecule has 0 aliphatic heterocycles. The molecule has 0 saturated carbocycles. The zero-order valence-electron chi connectivity index (χ0n) is 22.3. The number of anilines is 1. The Bertz CT molecular complexity index is 1370. The molecule has 0 aliphatic rings. The molecule has 2 amide bonds. The molecule has 0 unspecified atom stereocenters. The van der Waals surface area contributed by atoms with Crippen LogP contribution < -0.4 is 9.62 Å². The van der Waals surface area contributed by atoms with Gasteiger partial charge in [0.2, 0.25) is 11.8 Å². The van der Waals surface area contributed by atoms with Gasteiger partial charge in [0.15, 0.2) is 0 Å². The van der Waals surface area contributed by atoms with Crippen LogP contribution in [0.4, 0.5) is 5.69 Å². The average Bonchev–Trinajstić information content (AvgIpc) is 2.85. The molecular weight excluding hydrogens is 522 g/mol. The summed E-state index contributed by atoms with van der Waals surface area (Å²) in [6, 6.07) is 21.2. The summed E-state index contributed by atoms with van der Waals surface area (Å²) in [5.74, 6) is -0.839. The van der Waals surface area contributed by atoms with Crippen molar-refractivity contribution in [3.8, 4) is 0 Å². The molecule has 3 rings (SSSR count). The number of hydrogen-bond acceptors (Lipinski definition) is 4. The van der Waals surface area contributed by atoms with E-state index in [1.54, 1.807) is 25.1 Å². The Labute approximate surface area is 230 Å². The lowest BCUT2D eigenvalue weighted by Gasteiger charge is -2.33. The van der Waals surface area contributed by atoms with Crippen LogP contribution >= 0.6 is 11.6 Å². The van der Waals surface area contributed by atoms with Crippen LogP contribution in [0.2, 0.25) is 5.02 Å². The molecule has 0 fully saturated rings. The van der Waals surface area contributed by atoms with Gasteiger partial charge in [0.25, 0.3) is 10.0 Å². The van der Waals surface area contributed by atoms with Crippen LogP contribution in [0.5, 0.6) is 0 Å². The van der Waals surface area contributed by atoms with Crippen molar-refractivity contribution in [1.29, 1.82) is 0 Å². The van der Waals surface area contributed by atoms with Crippen molar-refractivity contribution in [2.75, 3.05) is 10.8 Å². The monoisotopic (exact) mass is 555 g/mol. The number of carbonyl (C=O) groups excluding carboxylic acids is 2. The molecule has 0 radical (unpaired) electrons. The van der Waals surface area contributed by atoms with Crippen molar-refractivity contribution >= 4 is 39.1 Å². The van der Waals surface area contributed by atoms with Crippen molar-refractivity contribution < 1.29 is 18.0 Å². The third kappa shape index (κ3) is 7.58. The lowest BCUT2D eigenvalue weighted by Crippen LogP contribution is -2.54. The maximum absolute atomic E-state index is 13.9. The molecule has 0 saturated heterocycles. The standard InChI is InChI=1S/C29H34ClN3O4S/c1-21-10-9-13-25(18-21)33(38(36,37)26-16-14-24(30)15-17-26)20-27(34)32(19-23-11-7-6-8-12-23)22(2)28(35)31-29(3,4)5/h6-18,22H,19-20H2,1-5H3,(H,31,35)/t22-/m1/s1. The van der Waals surface area contributed by atoms with E-state index >= 15 is 0 Å². The van der Waals surface area contributed by atoms with Gasteiger partial charge in [-0.05, 0) is 82.1 Å². The van der Waals surface area contributed by atoms with E-state index in [1.807, 2.05) is 64.1 Å². The summed E-state index contributed by atoms with van der Waals surface area (Å²) in [7, 11) is -4.14. The largest absolute Gasteiger partial charge is 0.350 e. The number of carbonyl (C=O) groups is 2. The smallest absolute Gasteiger partial charge is 0.264 e. The van der Waals surface area contributed by atoms with Gasteiger partial charge in [-0.2, -0.15) is 0 Å². The van der Waals surface area contributed by atoms with Crippen molar-refractivity contribution in [2.45, 2.75) is 57.6 Å². The molecule has 202 valence electrons. The quantitative estimate of drug-likeness (QED) is 0.394. The van der Waals surface area contributed by atoms with Gasteiger partial charge in [0, 0.05) is 17.1 Å². The minimum atomic E-state index is -4.14. The third-order valence-electron chi connectivity index (χ3n) is 5.83. The Morgan fingerprint density at radius 2 is 1.58 bits per heavy atom. The molecule has 7 nitrogen and oxygen atoms in total. The molecule has 0 spiro atoms. The van der Waals surface area contributed by atoms with Crippen LogP contribution in [0.25, 0.3) is 0 Å². The first-order chi connectivity index (χ1) is 17.8. The van der Waals surface area contributed by atoms with E-state index in [9.17, 15) is 18.0 Å². The number of hydrogen-bond donors (Lipinski definition) is 1. The van der Waals surface area contributed by atoms with E-state index in [0.29, 0.717) is 10.7 Å². The van der Waals surface area contributed by atoms with E-state index in [4.69, 9.17) is 11.6 Å². The second-order valence-corrected chi connectivity index (χ2v) is 12.5. The van der Waals surface area contributed by atoms with E-state index in [-0.39, 0.29) is 17.3 Å². The van der Waals surface area contributed by atoms with E-state index in [1.165, 1.54) is 29.2 Å². The highest BCUT2D eigenvalue weighted by Gasteiger charge is 2.33. The fourth-order valence-electron chi connectivity index (χ4n) is 3.88. The minimum absolute atomic E-state index is 0.00402. The third-order valence-corrected chi connectivity index (χ3v) is 7.87. The number of aryl methyl sites for hydroxylation is 1. The van der Waals surface area contributed by atoms with E-state index < -0.39 is 34.1 Å². The highest BCUT2D eigenvalue weighted by Crippen LogP contribution is 2.26. The summed E-state index contributed by atoms with van der Waals surface area (Å²) in [4.78, 5) is 28.4. The van der Waals surface area contributed by atoms with Crippen LogP contribution in [0.1, 0.15) is 38.8 Å². The van der Waals surface area contributed by atoms with Crippen molar-refractivity contribution in [1.82, 2.24) is 10.2 Å². The van der Waals surface area contributed by atoms with Crippen LogP contribution in [0.3, 0.4) is 0 Å². The molecule has 3 aromatic rings. The number of nitrogens with one attached hydrogen (secondary N) is 1. The second kappa shape index (κ2) is 12.0. The van der Waals surface area contributed by atoms with Gasteiger partial charge in [-0.15, -0.1) is 0 Å². The summed E-state index contributed by atoms with van der Waals surface area (Å²) in [5.41, 5.74) is 1.50. The number of halogens is 1. The number of amides is 2. The zero-order valence-corrected chi connectivity index (χ0v) is 23.9. The van der Waals surface area contributed by atoms with Gasteiger partial charge < -0.3 is 10.2 Å². The summed E-state index contributed by atoms with van der Waals surface area (Å²) < 4.78 is 28.7. The van der Waals surface area contributed by atoms with Crippen LogP contribution in [0, 0.1) is 6.92 Å². The first-order valence-electron chi connectivity index (χ1n) is 12.3. The topological polar surface area (TPSA) is 86.8 Å². The summed E-state index contributed by atoms with van der Waals surface area (Å²) in [6.07, 6.45) is 0. The molecule has 1 atom stereocenters. The van der Waals surface area contributed by atoms with Crippen LogP contribution in [-0.2, 0) is 26.2 Å². The molecule has 9 heteroatoms. The highest BCUT2D eigenvalue weighted by atomic mass is 35.5. The number of nitrogens with zero attached hydrogens (tertiary/aromatic N) is 2. The number of rotatable bonds is 9. The lowest BCUT2D eigenvalue weighted by molar-refractivity contribution is -0.140. The Kier molecular flexibility index (Phi) is 9.22. The zero-order chi connectivity index (χ0) is 28.1. The van der Waals surface area contributed by atoms with Crippen LogP contribution in [0.15, 0.2) is 83.8 Å². The normalized spacial score (nSPS) is 12.5. The fourth-order valence-corrected chi connectivity index (χ4v) is 5.41. The van der Waals surface area contributed by atoms with E-state index in [0.717, 1.165) is 15.4 Å². The Morgan fingerprint density at radius 1 is 0.947 bits per heavy atom. The first kappa shape index (κ1) is 29.2. The van der Waals surface area contributed by atoms with Crippen molar-refractivity contribution in [3.05, 3.63) is 95.0 Å². The fraction of sp³-hybridized carbons (Fsp3) is 0.310. The van der Waals surface area contributed by atoms with Gasteiger partial charge in [0.05, 0.1) is 10.6 Å². The lowest BCUT2D eigenvalue weighted by atomic mass is 10.1. The number of sulfonamides is 1. The van der Waals surface area contributed by atoms with Gasteiger partial charge in [-0.3, -0.25) is 13.9 Å². The summed E-state index contributed by atoms with van der Waals surface area (Å²) in [6.45, 7) is 8.72. The predicted octanol–water partition coefficient (Wildman–Crippen LogP) is 5.18. The average molecular weight is 556 g/mol. The first-order valence-corrected chi connectivity index (χ1v) is 14.1. The van der Waals surface area contributed by atoms with E-state index in [2.05, 4.69) is 5.32 Å². The Balaban J connectivity index is 2.03. The number of benzene rings is 3. The molecule has 38 heavy (non-hydrogen) atoms. The second-order valence-electron chi connectivity index (χ2n) is 10.2. The van der Waals surface area contributed by atoms with Gasteiger partial charge in [-0.1, -0.05) is 54.1 Å². The molecule has 1 N–H and O–H groups in total. The molecule has 0 aromatic heterocycles. The molecule has 3 aromatic carbocycles. The Hall–Kier alpha value is -3.36. The molecular formula is C29H34ClN3O4S. The maximum atomic E-state index is 13.9. The summed E-state index contributed by atoms with van der Waals surface area (Å²) in [5, 5.41) is 3.31. The SMILES string of the molecule is Cc1cccc(N(CC(=O)N(Cc2ccccc2)[C@H](C)C(=O)NC(C)(C)C)S(=O)(=O)c2ccc(Cl)cc2)c1. The summed E-state index contributed by atoms with van der Waals surface area (Å²) >= 11 is 5.99. The van der Waals surface area contributed by atoms with Gasteiger partial charge in [-0.25, -0.2) is 8.42 Å². The molecule has 0 bridgehead atoms. The minimum Gasteiger partial charge on any atom is -0.350 e. The highest BCUT2D eigenvalue weighted by molar-refractivity contribution is 7.92. The van der Waals surface area contributed by atoms with Gasteiger partial charge >= 0.3 is 0 Å². The van der Waals surface area contributed by atoms with Crippen molar-refractivity contribution in [3.63, 3.8) is 0 Å². The predicted molar refractivity (Wildman–Crippen MR) is 152 cm³/mol.